The van der Waals surface area contributed by atoms with Gasteiger partial charge >= 0.3 is 0 Å². The molecule has 16 rings (SSSR count). The van der Waals surface area contributed by atoms with Crippen molar-refractivity contribution in [1.29, 1.82) is 0 Å². The first-order valence-corrected chi connectivity index (χ1v) is 37.0. The Kier molecular flexibility index (Phi) is 29.8. The molecule has 8 fully saturated rings. The van der Waals surface area contributed by atoms with Crippen molar-refractivity contribution in [3.63, 3.8) is 0 Å². The number of fused-ring (bicyclic) bond motifs is 7. The smallest absolute Gasteiger partial charge is 0.0260 e. The van der Waals surface area contributed by atoms with E-state index in [1.807, 2.05) is 0 Å². The van der Waals surface area contributed by atoms with Gasteiger partial charge in [0.1, 0.15) is 0 Å². The van der Waals surface area contributed by atoms with Crippen LogP contribution in [0.4, 0.5) is 0 Å². The Bertz CT molecular complexity index is 2780. The van der Waals surface area contributed by atoms with Crippen LogP contribution in [0.3, 0.4) is 0 Å². The van der Waals surface area contributed by atoms with E-state index in [-0.39, 0.29) is 0 Å². The normalized spacial score (nSPS) is 28.2. The monoisotopic (exact) mass is 1280 g/mol. The topological polar surface area (TPSA) is 38.9 Å². The summed E-state index contributed by atoms with van der Waals surface area (Å²) >= 11 is 0. The van der Waals surface area contributed by atoms with E-state index in [2.05, 4.69) is 258 Å². The number of likely N-dealkylation sites (tertiary alicyclic amines) is 8. The summed E-state index contributed by atoms with van der Waals surface area (Å²) in [5.41, 5.74) is 17.8. The summed E-state index contributed by atoms with van der Waals surface area (Å²) in [7, 11) is 26.6. The number of piperidine rings is 1. The third kappa shape index (κ3) is 24.1. The molecule has 12 aliphatic rings. The Morgan fingerprint density at radius 1 is 0.258 bits per heavy atom. The molecule has 0 aliphatic carbocycles. The fourth-order valence-corrected chi connectivity index (χ4v) is 17.1. The van der Waals surface area contributed by atoms with E-state index in [1.165, 1.54) is 220 Å². The average molecular weight is 1280 g/mol. The predicted octanol–water partition coefficient (Wildman–Crippen LogP) is 10.9. The fraction of sp³-hybridized carbons (Fsp3) is 0.704. The van der Waals surface area contributed by atoms with Crippen LogP contribution in [0.5, 0.6) is 0 Å². The number of aryl methyl sites for hydroxylation is 4. The van der Waals surface area contributed by atoms with Crippen LogP contribution in [0.15, 0.2) is 72.8 Å². The minimum absolute atomic E-state index is 0.880. The molecule has 0 N–H and O–H groups in total. The maximum atomic E-state index is 2.51. The van der Waals surface area contributed by atoms with E-state index < -0.39 is 0 Å². The first-order valence-electron chi connectivity index (χ1n) is 37.0. The van der Waals surface area contributed by atoms with Gasteiger partial charge in [-0.2, -0.15) is 0 Å². The summed E-state index contributed by atoms with van der Waals surface area (Å²) in [6.07, 6.45) is 11.9. The van der Waals surface area contributed by atoms with E-state index >= 15 is 0 Å². The lowest BCUT2D eigenvalue weighted by Gasteiger charge is -2.26. The summed E-state index contributed by atoms with van der Waals surface area (Å²) in [4.78, 5) is 29.1. The first kappa shape index (κ1) is 75.2. The third-order valence-electron chi connectivity index (χ3n) is 22.6. The maximum absolute atomic E-state index is 2.51. The van der Waals surface area contributed by atoms with Crippen molar-refractivity contribution >= 4 is 0 Å². The molecule has 12 heteroatoms. The molecular weight excluding hydrogens is 1140 g/mol. The number of hydrogen-bond acceptors (Lipinski definition) is 12. The van der Waals surface area contributed by atoms with Gasteiger partial charge in [0.2, 0.25) is 0 Å². The van der Waals surface area contributed by atoms with Gasteiger partial charge in [-0.3, -0.25) is 4.90 Å². The Hall–Kier alpha value is -3.60. The van der Waals surface area contributed by atoms with Gasteiger partial charge in [0.05, 0.1) is 0 Å². The van der Waals surface area contributed by atoms with Crippen molar-refractivity contribution in [2.24, 2.45) is 35.5 Å². The Morgan fingerprint density at radius 3 is 1.01 bits per heavy atom. The molecule has 0 bridgehead atoms. The van der Waals surface area contributed by atoms with Gasteiger partial charge in [0.25, 0.3) is 0 Å². The van der Waals surface area contributed by atoms with Crippen molar-refractivity contribution in [3.8, 4) is 0 Å². The van der Waals surface area contributed by atoms with Crippen molar-refractivity contribution in [3.05, 3.63) is 140 Å². The Labute approximate surface area is 570 Å². The predicted molar refractivity (Wildman–Crippen MR) is 398 cm³/mol. The molecule has 0 saturated carbocycles. The number of rotatable bonds is 0. The van der Waals surface area contributed by atoms with E-state index in [1.54, 1.807) is 22.3 Å². The zero-order valence-corrected chi connectivity index (χ0v) is 62.8. The molecule has 0 amide bonds. The number of likely N-dealkylation sites (N-methyl/N-ethyl adjacent to an activating group) is 7. The van der Waals surface area contributed by atoms with Crippen LogP contribution in [-0.2, 0) is 51.9 Å². The van der Waals surface area contributed by atoms with Gasteiger partial charge in [-0.25, -0.2) is 0 Å². The lowest BCUT2D eigenvalue weighted by atomic mass is 9.98. The summed E-state index contributed by atoms with van der Waals surface area (Å²) in [6, 6.07) is 28.9. The molecule has 6 atom stereocenters. The Balaban J connectivity index is 0.000000135. The van der Waals surface area contributed by atoms with E-state index in [0.717, 1.165) is 73.8 Å². The highest BCUT2D eigenvalue weighted by Gasteiger charge is 2.39. The van der Waals surface area contributed by atoms with Crippen molar-refractivity contribution < 1.29 is 0 Å². The van der Waals surface area contributed by atoms with E-state index in [9.17, 15) is 0 Å². The standard InChI is InChI=1S/C12H17N.2C11H15N.C10H13N.3C8H16N2.C7H15N.C6H13N/c1-10-3-4-11-5-7-13(2)8-6-12(11)9-10;1-9-3-4-11-8-12(2)6-5-10(11)7-9;1-9-3-4-10-5-6-12(2)8-11(10)7-9;1-8-3-4-9-6-11(2)7-10(9)5-8;1-9-3-7-5-10(2)6-8(7)4-9;2*1-9-5-7-3-4-10(2)8(7)6-9;1-7-4-3-5-8(2)6-7;1-6-3-4-7(2)5-6/h3-4,9H,5-8H2,1-2H3;2*3-4,7H,5-6,8H2,1-2H3;3-5H,6-7H2,1-2H3;3*7-8H,3-6H2,1-2H3;7H,3-6H2,1-2H3;6H,3-5H2,1-2H3. The second-order valence-corrected chi connectivity index (χ2v) is 32.3. The molecule has 6 unspecified atom stereocenters. The minimum atomic E-state index is 0.880. The zero-order valence-electron chi connectivity index (χ0n) is 62.8. The summed E-state index contributed by atoms with van der Waals surface area (Å²) in [5.74, 6) is 5.81. The van der Waals surface area contributed by atoms with Crippen LogP contribution in [0, 0.1) is 63.2 Å². The SMILES string of the molecule is CC1CCCN(C)C1.CC1CCN(C)C1.CN1CC2CCN(C)C2C1.CN1CC2CCN(C)C2C1.CN1CC2CN(C)CC2C1.Cc1ccc2c(c1)CCN(C)C2.Cc1ccc2c(c1)CCN(C)CC2.Cc1ccc2c(c1)CN(C)C2.Cc1ccc2c(c1)CN(C)CC2. The quantitative estimate of drug-likeness (QED) is 0.168. The van der Waals surface area contributed by atoms with Crippen molar-refractivity contribution in [1.82, 2.24) is 58.8 Å². The molecule has 12 heterocycles. The maximum Gasteiger partial charge on any atom is 0.0260 e. The molecule has 12 aliphatic heterocycles. The molecule has 0 spiro atoms. The highest BCUT2D eigenvalue weighted by Crippen LogP contribution is 2.32. The summed E-state index contributed by atoms with van der Waals surface area (Å²) in [5, 5.41) is 0. The van der Waals surface area contributed by atoms with Crippen LogP contribution in [0.2, 0.25) is 0 Å². The molecule has 4 aromatic carbocycles. The van der Waals surface area contributed by atoms with Gasteiger partial charge in [0.15, 0.2) is 0 Å². The van der Waals surface area contributed by atoms with Gasteiger partial charge < -0.3 is 53.9 Å². The third-order valence-corrected chi connectivity index (χ3v) is 22.6. The van der Waals surface area contributed by atoms with E-state index in [0.29, 0.717) is 0 Å². The molecule has 4 aromatic rings. The first-order chi connectivity index (χ1) is 44.4. The van der Waals surface area contributed by atoms with Crippen molar-refractivity contribution in [2.75, 3.05) is 202 Å². The van der Waals surface area contributed by atoms with E-state index in [4.69, 9.17) is 0 Å². The van der Waals surface area contributed by atoms with Gasteiger partial charge in [-0.15, -0.1) is 0 Å². The number of hydrogen-bond donors (Lipinski definition) is 0. The van der Waals surface area contributed by atoms with Crippen LogP contribution >= 0.6 is 0 Å². The van der Waals surface area contributed by atoms with Gasteiger partial charge in [0, 0.05) is 130 Å². The number of benzene rings is 4. The van der Waals surface area contributed by atoms with Gasteiger partial charge in [-0.05, 0) is 276 Å². The molecule has 8 saturated heterocycles. The largest absolute Gasteiger partial charge is 0.306 e. The molecule has 12 nitrogen and oxygen atoms in total. The summed E-state index contributed by atoms with van der Waals surface area (Å²) < 4.78 is 0. The molecule has 0 radical (unpaired) electrons. The second-order valence-electron chi connectivity index (χ2n) is 32.3. The zero-order chi connectivity index (χ0) is 66.9. The second kappa shape index (κ2) is 36.8. The van der Waals surface area contributed by atoms with Gasteiger partial charge in [-0.1, -0.05) is 109 Å². The van der Waals surface area contributed by atoms with Crippen LogP contribution in [0.25, 0.3) is 0 Å². The van der Waals surface area contributed by atoms with Crippen LogP contribution < -0.4 is 0 Å². The summed E-state index contributed by atoms with van der Waals surface area (Å²) in [6.45, 7) is 41.0. The molecule has 93 heavy (non-hydrogen) atoms. The minimum Gasteiger partial charge on any atom is -0.306 e. The average Bonchev–Trinajstić information content (AvgIpc) is 1.93. The van der Waals surface area contributed by atoms with Crippen molar-refractivity contribution in [2.45, 2.75) is 138 Å². The highest BCUT2D eigenvalue weighted by atomic mass is 15.3. The lowest BCUT2D eigenvalue weighted by Crippen LogP contribution is -2.30. The number of nitrogens with zero attached hydrogens (tertiary/aromatic N) is 12. The fourth-order valence-electron chi connectivity index (χ4n) is 17.1. The van der Waals surface area contributed by atoms with Crippen LogP contribution in [-0.4, -0.2) is 273 Å². The molecular formula is C81H136N12. The Morgan fingerprint density at radius 2 is 0.591 bits per heavy atom. The molecule has 0 aromatic heterocycles. The highest BCUT2D eigenvalue weighted by molar-refractivity contribution is 5.36. The lowest BCUT2D eigenvalue weighted by molar-refractivity contribution is 0.221. The van der Waals surface area contributed by atoms with Crippen LogP contribution in [0.1, 0.15) is 113 Å². The molecule has 520 valence electrons.